The van der Waals surface area contributed by atoms with Gasteiger partial charge in [0.05, 0.1) is 5.69 Å². The fraction of sp³-hybridized carbons (Fsp3) is 0.359. The summed E-state index contributed by atoms with van der Waals surface area (Å²) in [4.78, 5) is 16.1. The smallest absolute Gasteiger partial charge is 0.419 e. The van der Waals surface area contributed by atoms with Crippen LogP contribution in [-0.4, -0.2) is 25.9 Å². The van der Waals surface area contributed by atoms with Crippen molar-refractivity contribution in [3.8, 4) is 0 Å². The van der Waals surface area contributed by atoms with Gasteiger partial charge >= 0.3 is 6.09 Å². The number of nitrogens with zero attached hydrogens (tertiary/aromatic N) is 1. The molecule has 47 heavy (non-hydrogen) atoms. The maximum absolute atomic E-state index is 14.6. The zero-order chi connectivity index (χ0) is 34.0. The molecular formula is C39H43F2NO4Si. The predicted octanol–water partition coefficient (Wildman–Crippen LogP) is 9.85. The number of carbonyl (C=O) groups is 1. The Hall–Kier alpha value is -3.85. The minimum Gasteiger partial charge on any atom is -0.443 e. The van der Waals surface area contributed by atoms with Crippen LogP contribution in [-0.2, 0) is 31.3 Å². The van der Waals surface area contributed by atoms with Gasteiger partial charge in [-0.25, -0.2) is 18.5 Å². The maximum Gasteiger partial charge on any atom is 0.419 e. The lowest BCUT2D eigenvalue weighted by Crippen LogP contribution is -2.84. The van der Waals surface area contributed by atoms with E-state index in [2.05, 4.69) is 33.9 Å². The van der Waals surface area contributed by atoms with Crippen LogP contribution in [0.2, 0.25) is 18.1 Å². The van der Waals surface area contributed by atoms with Crippen molar-refractivity contribution in [3.05, 3.63) is 137 Å². The lowest BCUT2D eigenvalue weighted by molar-refractivity contribution is -0.404. The fourth-order valence-corrected chi connectivity index (χ4v) is 8.21. The summed E-state index contributed by atoms with van der Waals surface area (Å²) in [5.74, 6) is -2.49. The Morgan fingerprint density at radius 2 is 1.28 bits per heavy atom. The first-order chi connectivity index (χ1) is 22.0. The van der Waals surface area contributed by atoms with Crippen LogP contribution >= 0.6 is 0 Å². The predicted molar refractivity (Wildman–Crippen MR) is 183 cm³/mol. The van der Waals surface area contributed by atoms with Gasteiger partial charge in [0, 0.05) is 0 Å². The summed E-state index contributed by atoms with van der Waals surface area (Å²) in [6.45, 7) is 16.2. The number of benzene rings is 4. The van der Waals surface area contributed by atoms with Crippen molar-refractivity contribution in [3.63, 3.8) is 0 Å². The molecule has 0 spiro atoms. The maximum atomic E-state index is 14.6. The number of hydrogen-bond donors (Lipinski definition) is 0. The average Bonchev–Trinajstić information content (AvgIpc) is 3.16. The zero-order valence-corrected chi connectivity index (χ0v) is 29.4. The van der Waals surface area contributed by atoms with Crippen molar-refractivity contribution in [1.29, 1.82) is 0 Å². The Labute approximate surface area is 277 Å². The summed E-state index contributed by atoms with van der Waals surface area (Å²) in [5.41, 5.74) is 0.376. The summed E-state index contributed by atoms with van der Waals surface area (Å²) < 4.78 is 50.2. The van der Waals surface area contributed by atoms with Crippen LogP contribution in [0.4, 0.5) is 19.3 Å². The lowest BCUT2D eigenvalue weighted by Gasteiger charge is -2.69. The van der Waals surface area contributed by atoms with Crippen molar-refractivity contribution in [2.24, 2.45) is 0 Å². The van der Waals surface area contributed by atoms with Crippen LogP contribution in [0.25, 0.3) is 0 Å². The first-order valence-corrected chi connectivity index (χ1v) is 19.0. The van der Waals surface area contributed by atoms with E-state index in [1.807, 2.05) is 75.4 Å². The number of amides is 1. The first-order valence-electron chi connectivity index (χ1n) is 16.1. The molecule has 0 N–H and O–H groups in total. The Bertz CT molecular complexity index is 1740. The molecule has 4 aromatic rings. The van der Waals surface area contributed by atoms with Gasteiger partial charge in [-0.2, -0.15) is 0 Å². The summed E-state index contributed by atoms with van der Waals surface area (Å²) in [6.07, 6.45) is -0.238. The summed E-state index contributed by atoms with van der Waals surface area (Å²) in [7, 11) is -2.76. The second-order valence-electron chi connectivity index (χ2n) is 15.1. The highest BCUT2D eigenvalue weighted by molar-refractivity contribution is 6.74. The number of ether oxygens (including phenoxy) is 2. The van der Waals surface area contributed by atoms with Crippen LogP contribution in [0.1, 0.15) is 63.8 Å². The van der Waals surface area contributed by atoms with E-state index in [9.17, 15) is 13.6 Å². The highest BCUT2D eigenvalue weighted by atomic mass is 28.4. The standard InChI is InChI=1S/C39H43F2NO4Si/c1-35(2,3)44-34(43)42-33-17-13-12-16-32(33)37(26-27-14-10-9-11-15-27)38(28-18-22-30(40)23-19-28,29-20-24-31(41)25-21-29)45-39(37,42)46-47(7,8)36(4,5)6/h9-25H,26H2,1-8H3/t37-,39-/m0/s1. The number of halogens is 2. The number of hydrogen-bond acceptors (Lipinski definition) is 4. The van der Waals surface area contributed by atoms with Gasteiger partial charge in [0.2, 0.25) is 0 Å². The van der Waals surface area contributed by atoms with Crippen molar-refractivity contribution < 1.29 is 27.5 Å². The van der Waals surface area contributed by atoms with Crippen molar-refractivity contribution in [1.82, 2.24) is 0 Å². The average molecular weight is 656 g/mol. The molecule has 1 fully saturated rings. The Morgan fingerprint density at radius 1 is 0.766 bits per heavy atom. The Morgan fingerprint density at radius 3 is 1.79 bits per heavy atom. The highest BCUT2D eigenvalue weighted by Crippen LogP contribution is 2.74. The molecule has 1 amide bonds. The van der Waals surface area contributed by atoms with Gasteiger partial charge in [0.25, 0.3) is 5.91 Å². The van der Waals surface area contributed by atoms with E-state index in [1.54, 1.807) is 29.2 Å². The van der Waals surface area contributed by atoms with Gasteiger partial charge in [-0.3, -0.25) is 0 Å². The number of rotatable bonds is 6. The third-order valence-corrected chi connectivity index (χ3v) is 14.3. The van der Waals surface area contributed by atoms with Gasteiger partial charge in [-0.15, -0.1) is 0 Å². The molecule has 0 unspecified atom stereocenters. The van der Waals surface area contributed by atoms with Crippen LogP contribution in [0.5, 0.6) is 0 Å². The Balaban J connectivity index is 1.76. The molecule has 0 radical (unpaired) electrons. The molecule has 246 valence electrons. The zero-order valence-electron chi connectivity index (χ0n) is 28.4. The first kappa shape index (κ1) is 33.1. The topological polar surface area (TPSA) is 48.0 Å². The Kier molecular flexibility index (Phi) is 7.81. The molecule has 0 saturated carbocycles. The van der Waals surface area contributed by atoms with E-state index in [1.165, 1.54) is 24.3 Å². The van der Waals surface area contributed by atoms with E-state index in [0.29, 0.717) is 23.2 Å². The SMILES string of the molecule is CC(C)(C)OC(=O)N1c2ccccc2[C@@]2(Cc3ccccc3)C(c3ccc(F)cc3)(c3ccc(F)cc3)O[C@@]12O[Si](C)(C)C(C)(C)C. The minimum absolute atomic E-state index is 0.276. The van der Waals surface area contributed by atoms with Gasteiger partial charge in [0.1, 0.15) is 28.3 Å². The van der Waals surface area contributed by atoms with E-state index in [0.717, 1.165) is 11.1 Å². The summed E-state index contributed by atoms with van der Waals surface area (Å²) in [5, 5.41) is -0.276. The molecule has 0 aromatic heterocycles. The molecule has 0 aliphatic carbocycles. The minimum atomic E-state index is -2.76. The van der Waals surface area contributed by atoms with Crippen molar-refractivity contribution in [2.75, 3.05) is 4.90 Å². The summed E-state index contributed by atoms with van der Waals surface area (Å²) >= 11 is 0. The molecule has 2 heterocycles. The van der Waals surface area contributed by atoms with Crippen LogP contribution in [0, 0.1) is 11.6 Å². The second kappa shape index (κ2) is 11.1. The number of fused-ring (bicyclic) bond motifs is 3. The number of anilines is 1. The molecule has 1 saturated heterocycles. The molecule has 8 heteroatoms. The molecule has 2 aliphatic rings. The van der Waals surface area contributed by atoms with E-state index in [-0.39, 0.29) is 5.04 Å². The van der Waals surface area contributed by atoms with E-state index < -0.39 is 48.6 Å². The van der Waals surface area contributed by atoms with Gasteiger partial charge < -0.3 is 13.9 Å². The van der Waals surface area contributed by atoms with Crippen LogP contribution < -0.4 is 4.90 Å². The van der Waals surface area contributed by atoms with E-state index >= 15 is 0 Å². The highest BCUT2D eigenvalue weighted by Gasteiger charge is 2.86. The molecular weight excluding hydrogens is 613 g/mol. The summed E-state index contributed by atoms with van der Waals surface area (Å²) in [6, 6.07) is 30.2. The third kappa shape index (κ3) is 5.04. The largest absolute Gasteiger partial charge is 0.443 e. The third-order valence-electron chi connectivity index (χ3n) is 9.92. The second-order valence-corrected chi connectivity index (χ2v) is 19.9. The normalized spacial score (nSPS) is 21.9. The molecule has 0 bridgehead atoms. The van der Waals surface area contributed by atoms with Crippen molar-refractivity contribution in [2.45, 2.75) is 88.6 Å². The lowest BCUT2D eigenvalue weighted by atomic mass is 9.53. The molecule has 2 atom stereocenters. The molecule has 6 rings (SSSR count). The van der Waals surface area contributed by atoms with Crippen LogP contribution in [0.3, 0.4) is 0 Å². The monoisotopic (exact) mass is 655 g/mol. The fourth-order valence-electron chi connectivity index (χ4n) is 6.90. The molecule has 2 aliphatic heterocycles. The van der Waals surface area contributed by atoms with Crippen molar-refractivity contribution >= 4 is 20.1 Å². The van der Waals surface area contributed by atoms with Gasteiger partial charge in [0.15, 0.2) is 8.32 Å². The number of carbonyl (C=O) groups excluding carboxylic acids is 1. The number of para-hydroxylation sites is 1. The quantitative estimate of drug-likeness (QED) is 0.194. The van der Waals surface area contributed by atoms with Gasteiger partial charge in [-0.05, 0) is 97.9 Å². The molecule has 5 nitrogen and oxygen atoms in total. The molecule has 4 aromatic carbocycles. The van der Waals surface area contributed by atoms with Crippen LogP contribution in [0.15, 0.2) is 103 Å². The van der Waals surface area contributed by atoms with Gasteiger partial charge in [-0.1, -0.05) is 93.6 Å². The van der Waals surface area contributed by atoms with E-state index in [4.69, 9.17) is 13.9 Å².